The van der Waals surface area contributed by atoms with E-state index in [0.29, 0.717) is 16.9 Å². The van der Waals surface area contributed by atoms with Gasteiger partial charge in [0, 0.05) is 10.7 Å². The van der Waals surface area contributed by atoms with Crippen LogP contribution in [0.3, 0.4) is 0 Å². The topological polar surface area (TPSA) is 43.4 Å². The Bertz CT molecular complexity index is 541. The zero-order valence-corrected chi connectivity index (χ0v) is 10.5. The molecular formula is C11H11ClO3S. The molecule has 0 aliphatic rings. The highest BCUT2D eigenvalue weighted by molar-refractivity contribution is 8.13. The molecule has 0 amide bonds. The maximum Gasteiger partial charge on any atom is 0.261 e. The minimum atomic E-state index is -3.72. The number of ether oxygens (including phenoxy) is 1. The van der Waals surface area contributed by atoms with Crippen LogP contribution >= 0.6 is 10.7 Å². The van der Waals surface area contributed by atoms with E-state index in [1.807, 2.05) is 0 Å². The molecule has 0 N–H and O–H groups in total. The lowest BCUT2D eigenvalue weighted by molar-refractivity contribution is 0.367. The average molecular weight is 259 g/mol. The fraction of sp³-hybridized carbons (Fsp3) is 0.273. The molecule has 16 heavy (non-hydrogen) atoms. The lowest BCUT2D eigenvalue weighted by atomic mass is 10.1. The van der Waals surface area contributed by atoms with Gasteiger partial charge in [0.1, 0.15) is 12.4 Å². The SMILES string of the molecule is C#CCOc1cc(C)c(S(=O)(=O)Cl)cc1C. The Balaban J connectivity index is 3.23. The largest absolute Gasteiger partial charge is 0.481 e. The summed E-state index contributed by atoms with van der Waals surface area (Å²) in [7, 11) is 1.57. The van der Waals surface area contributed by atoms with Gasteiger partial charge in [0.2, 0.25) is 0 Å². The number of benzene rings is 1. The molecule has 0 radical (unpaired) electrons. The summed E-state index contributed by atoms with van der Waals surface area (Å²) < 4.78 is 27.7. The summed E-state index contributed by atoms with van der Waals surface area (Å²) in [6.07, 6.45) is 5.07. The van der Waals surface area contributed by atoms with Crippen molar-refractivity contribution < 1.29 is 13.2 Å². The van der Waals surface area contributed by atoms with E-state index in [2.05, 4.69) is 5.92 Å². The van der Waals surface area contributed by atoms with Gasteiger partial charge in [-0.3, -0.25) is 0 Å². The molecule has 5 heteroatoms. The van der Waals surface area contributed by atoms with Gasteiger partial charge in [-0.05, 0) is 37.1 Å². The van der Waals surface area contributed by atoms with Crippen molar-refractivity contribution >= 4 is 19.7 Å². The van der Waals surface area contributed by atoms with Crippen LogP contribution in [0.25, 0.3) is 0 Å². The lowest BCUT2D eigenvalue weighted by Gasteiger charge is -2.10. The van der Waals surface area contributed by atoms with Gasteiger partial charge in [0.25, 0.3) is 9.05 Å². The molecule has 1 aromatic rings. The number of aryl methyl sites for hydroxylation is 2. The normalized spacial score (nSPS) is 10.9. The van der Waals surface area contributed by atoms with Crippen molar-refractivity contribution in [3.8, 4) is 18.1 Å². The van der Waals surface area contributed by atoms with Crippen molar-refractivity contribution in [1.29, 1.82) is 0 Å². The Hall–Kier alpha value is -1.18. The van der Waals surface area contributed by atoms with E-state index in [-0.39, 0.29) is 11.5 Å². The summed E-state index contributed by atoms with van der Waals surface area (Å²) in [6, 6.07) is 3.09. The molecule has 0 atom stereocenters. The van der Waals surface area contributed by atoms with Crippen LogP contribution in [0, 0.1) is 26.2 Å². The summed E-state index contributed by atoms with van der Waals surface area (Å²) in [6.45, 7) is 3.53. The third-order valence-electron chi connectivity index (χ3n) is 2.05. The third-order valence-corrected chi connectivity index (χ3v) is 3.51. The standard InChI is InChI=1S/C11H11ClO3S/c1-4-5-15-10-6-9(3)11(7-8(10)2)16(12,13)14/h1,6-7H,5H2,2-3H3. The van der Waals surface area contributed by atoms with Crippen molar-refractivity contribution in [2.75, 3.05) is 6.61 Å². The highest BCUT2D eigenvalue weighted by atomic mass is 35.7. The molecule has 86 valence electrons. The fourth-order valence-corrected chi connectivity index (χ4v) is 2.56. The van der Waals surface area contributed by atoms with Crippen molar-refractivity contribution in [3.63, 3.8) is 0 Å². The molecule has 0 aliphatic carbocycles. The van der Waals surface area contributed by atoms with Gasteiger partial charge in [-0.25, -0.2) is 8.42 Å². The molecular weight excluding hydrogens is 248 g/mol. The number of hydrogen-bond acceptors (Lipinski definition) is 3. The Morgan fingerprint density at radius 1 is 1.38 bits per heavy atom. The Kier molecular flexibility index (Phi) is 3.84. The van der Waals surface area contributed by atoms with Gasteiger partial charge >= 0.3 is 0 Å². The van der Waals surface area contributed by atoms with Crippen molar-refractivity contribution in [1.82, 2.24) is 0 Å². The van der Waals surface area contributed by atoms with E-state index < -0.39 is 9.05 Å². The molecule has 0 saturated heterocycles. The van der Waals surface area contributed by atoms with Gasteiger partial charge in [-0.2, -0.15) is 0 Å². The number of terminal acetylenes is 1. The van der Waals surface area contributed by atoms with E-state index in [1.165, 1.54) is 6.07 Å². The second kappa shape index (κ2) is 4.77. The minimum Gasteiger partial charge on any atom is -0.481 e. The van der Waals surface area contributed by atoms with Crippen LogP contribution < -0.4 is 4.74 Å². The monoisotopic (exact) mass is 258 g/mol. The number of halogens is 1. The Morgan fingerprint density at radius 2 is 2.00 bits per heavy atom. The molecule has 3 nitrogen and oxygen atoms in total. The van der Waals surface area contributed by atoms with Crippen LogP contribution in [0.5, 0.6) is 5.75 Å². The van der Waals surface area contributed by atoms with Crippen LogP contribution in [0.2, 0.25) is 0 Å². The van der Waals surface area contributed by atoms with Crippen LogP contribution in [-0.4, -0.2) is 15.0 Å². The minimum absolute atomic E-state index is 0.0970. The molecule has 1 rings (SSSR count). The van der Waals surface area contributed by atoms with Crippen LogP contribution in [-0.2, 0) is 9.05 Å². The predicted octanol–water partition coefficient (Wildman–Crippen LogP) is 2.24. The second-order valence-corrected chi connectivity index (χ2v) is 5.85. The molecule has 0 aromatic heterocycles. The summed E-state index contributed by atoms with van der Waals surface area (Å²) >= 11 is 0. The molecule has 0 aliphatic heterocycles. The number of rotatable bonds is 3. The molecule has 0 bridgehead atoms. The Morgan fingerprint density at radius 3 is 2.50 bits per heavy atom. The van der Waals surface area contributed by atoms with Gasteiger partial charge in [0.05, 0.1) is 4.90 Å². The maximum atomic E-state index is 11.2. The first-order valence-electron chi connectivity index (χ1n) is 4.48. The first kappa shape index (κ1) is 12.9. The lowest BCUT2D eigenvalue weighted by Crippen LogP contribution is -2.00. The van der Waals surface area contributed by atoms with Gasteiger partial charge < -0.3 is 4.74 Å². The molecule has 0 spiro atoms. The van der Waals surface area contributed by atoms with E-state index in [1.54, 1.807) is 19.9 Å². The van der Waals surface area contributed by atoms with Gasteiger partial charge in [-0.1, -0.05) is 5.92 Å². The van der Waals surface area contributed by atoms with Crippen molar-refractivity contribution in [3.05, 3.63) is 23.3 Å². The summed E-state index contributed by atoms with van der Waals surface area (Å²) in [4.78, 5) is 0.0970. The summed E-state index contributed by atoms with van der Waals surface area (Å²) in [5, 5.41) is 0. The maximum absolute atomic E-state index is 11.2. The first-order valence-corrected chi connectivity index (χ1v) is 6.79. The molecule has 0 unspecified atom stereocenters. The third kappa shape index (κ3) is 2.91. The zero-order chi connectivity index (χ0) is 12.3. The van der Waals surface area contributed by atoms with Gasteiger partial charge in [-0.15, -0.1) is 6.42 Å². The zero-order valence-electron chi connectivity index (χ0n) is 8.95. The van der Waals surface area contributed by atoms with Crippen LogP contribution in [0.1, 0.15) is 11.1 Å². The molecule has 0 fully saturated rings. The first-order chi connectivity index (χ1) is 7.36. The van der Waals surface area contributed by atoms with Crippen molar-refractivity contribution in [2.24, 2.45) is 0 Å². The fourth-order valence-electron chi connectivity index (χ4n) is 1.30. The van der Waals surface area contributed by atoms with Gasteiger partial charge in [0.15, 0.2) is 0 Å². The highest BCUT2D eigenvalue weighted by Crippen LogP contribution is 2.27. The van der Waals surface area contributed by atoms with Crippen molar-refractivity contribution in [2.45, 2.75) is 18.7 Å². The van der Waals surface area contributed by atoms with Crippen LogP contribution in [0.4, 0.5) is 0 Å². The summed E-state index contributed by atoms with van der Waals surface area (Å²) in [5.41, 5.74) is 1.22. The van der Waals surface area contributed by atoms with E-state index >= 15 is 0 Å². The molecule has 1 aromatic carbocycles. The second-order valence-electron chi connectivity index (χ2n) is 3.31. The average Bonchev–Trinajstić information content (AvgIpc) is 2.17. The smallest absolute Gasteiger partial charge is 0.261 e. The molecule has 0 heterocycles. The summed E-state index contributed by atoms with van der Waals surface area (Å²) in [5.74, 6) is 2.91. The van der Waals surface area contributed by atoms with E-state index in [0.717, 1.165) is 0 Å². The quantitative estimate of drug-likeness (QED) is 0.617. The van der Waals surface area contributed by atoms with E-state index in [4.69, 9.17) is 21.8 Å². The number of hydrogen-bond donors (Lipinski definition) is 0. The predicted molar refractivity (Wildman–Crippen MR) is 63.3 cm³/mol. The highest BCUT2D eigenvalue weighted by Gasteiger charge is 2.15. The van der Waals surface area contributed by atoms with Crippen LogP contribution in [0.15, 0.2) is 17.0 Å². The van der Waals surface area contributed by atoms with E-state index in [9.17, 15) is 8.42 Å². The molecule has 0 saturated carbocycles. The Labute approximate surface area is 99.8 Å².